The Morgan fingerprint density at radius 2 is 2.33 bits per heavy atom. The van der Waals surface area contributed by atoms with Crippen molar-refractivity contribution < 1.29 is 14.4 Å². The Balaban J connectivity index is 2.20. The van der Waals surface area contributed by atoms with E-state index in [2.05, 4.69) is 22.3 Å². The first kappa shape index (κ1) is 15.1. The highest BCUT2D eigenvalue weighted by atomic mass is 35.5. The van der Waals surface area contributed by atoms with Crippen molar-refractivity contribution in [3.8, 4) is 11.8 Å². The number of aliphatic hydroxyl groups excluding tert-OH is 1. The Morgan fingerprint density at radius 1 is 1.52 bits per heavy atom. The van der Waals surface area contributed by atoms with Crippen LogP contribution in [0.3, 0.4) is 0 Å². The number of aromatic nitrogens is 1. The first-order chi connectivity index (χ1) is 10.1. The zero-order valence-electron chi connectivity index (χ0n) is 11.3. The SMILES string of the molecule is Cc1cnoc1C(=O)Nc1cc(C#CCCO)ccc1Cl. The minimum atomic E-state index is -0.424. The molecule has 0 fully saturated rings. The van der Waals surface area contributed by atoms with E-state index in [9.17, 15) is 4.79 Å². The van der Waals surface area contributed by atoms with Gasteiger partial charge in [-0.25, -0.2) is 0 Å². The number of amides is 1. The lowest BCUT2D eigenvalue weighted by molar-refractivity contribution is 0.0987. The van der Waals surface area contributed by atoms with Gasteiger partial charge in [-0.15, -0.1) is 0 Å². The standard InChI is InChI=1S/C15H13ClN2O3/c1-10-9-17-21-14(10)15(20)18-13-8-11(4-2-3-7-19)5-6-12(13)16/h5-6,8-9,19H,3,7H2,1H3,(H,18,20). The molecule has 108 valence electrons. The van der Waals surface area contributed by atoms with Crippen LogP contribution in [-0.2, 0) is 0 Å². The van der Waals surface area contributed by atoms with Crippen LogP contribution in [-0.4, -0.2) is 22.8 Å². The zero-order chi connectivity index (χ0) is 15.2. The molecule has 2 rings (SSSR count). The fraction of sp³-hybridized carbons (Fsp3) is 0.200. The van der Waals surface area contributed by atoms with Crippen LogP contribution in [0.5, 0.6) is 0 Å². The summed E-state index contributed by atoms with van der Waals surface area (Å²) < 4.78 is 4.89. The summed E-state index contributed by atoms with van der Waals surface area (Å²) in [6, 6.07) is 5.05. The number of carbonyl (C=O) groups is 1. The molecule has 1 aromatic heterocycles. The van der Waals surface area contributed by atoms with Gasteiger partial charge in [0.25, 0.3) is 5.91 Å². The van der Waals surface area contributed by atoms with E-state index >= 15 is 0 Å². The van der Waals surface area contributed by atoms with Gasteiger partial charge in [0, 0.05) is 17.5 Å². The number of hydrogen-bond acceptors (Lipinski definition) is 4. The molecular weight excluding hydrogens is 292 g/mol. The second-order valence-corrected chi connectivity index (χ2v) is 4.67. The van der Waals surface area contributed by atoms with Gasteiger partial charge < -0.3 is 14.9 Å². The van der Waals surface area contributed by atoms with Gasteiger partial charge in [-0.3, -0.25) is 4.79 Å². The third kappa shape index (κ3) is 3.85. The molecule has 0 aliphatic heterocycles. The van der Waals surface area contributed by atoms with Crippen molar-refractivity contribution in [1.29, 1.82) is 0 Å². The molecule has 5 nitrogen and oxygen atoms in total. The summed E-state index contributed by atoms with van der Waals surface area (Å²) in [5, 5.41) is 15.3. The second-order valence-electron chi connectivity index (χ2n) is 4.26. The molecule has 0 saturated carbocycles. The van der Waals surface area contributed by atoms with Crippen LogP contribution in [0.1, 0.15) is 28.1 Å². The highest BCUT2D eigenvalue weighted by Crippen LogP contribution is 2.23. The maximum Gasteiger partial charge on any atom is 0.294 e. The molecule has 0 bridgehead atoms. The number of benzene rings is 1. The molecule has 2 N–H and O–H groups in total. The van der Waals surface area contributed by atoms with Crippen molar-refractivity contribution in [3.05, 3.63) is 46.3 Å². The van der Waals surface area contributed by atoms with Crippen LogP contribution in [0.2, 0.25) is 5.02 Å². The van der Waals surface area contributed by atoms with Crippen molar-refractivity contribution in [2.24, 2.45) is 0 Å². The average molecular weight is 305 g/mol. The lowest BCUT2D eigenvalue weighted by Gasteiger charge is -2.06. The zero-order valence-corrected chi connectivity index (χ0v) is 12.1. The quantitative estimate of drug-likeness (QED) is 0.855. The number of anilines is 1. The Hall–Kier alpha value is -2.29. The molecular formula is C15H13ClN2O3. The van der Waals surface area contributed by atoms with Crippen molar-refractivity contribution in [3.63, 3.8) is 0 Å². The van der Waals surface area contributed by atoms with Crippen molar-refractivity contribution in [1.82, 2.24) is 5.16 Å². The van der Waals surface area contributed by atoms with E-state index in [1.165, 1.54) is 6.20 Å². The number of nitrogens with zero attached hydrogens (tertiary/aromatic N) is 1. The summed E-state index contributed by atoms with van der Waals surface area (Å²) in [7, 11) is 0. The Labute approximate surface area is 126 Å². The summed E-state index contributed by atoms with van der Waals surface area (Å²) in [6.45, 7) is 1.73. The lowest BCUT2D eigenvalue weighted by Crippen LogP contribution is -2.12. The van der Waals surface area contributed by atoms with Gasteiger partial charge in [0.2, 0.25) is 5.76 Å². The van der Waals surface area contributed by atoms with E-state index in [0.717, 1.165) is 0 Å². The number of nitrogens with one attached hydrogen (secondary N) is 1. The molecule has 0 unspecified atom stereocenters. The maximum atomic E-state index is 12.0. The van der Waals surface area contributed by atoms with Crippen molar-refractivity contribution in [2.75, 3.05) is 11.9 Å². The highest BCUT2D eigenvalue weighted by Gasteiger charge is 2.15. The highest BCUT2D eigenvalue weighted by molar-refractivity contribution is 6.34. The summed E-state index contributed by atoms with van der Waals surface area (Å²) in [4.78, 5) is 12.0. The minimum Gasteiger partial charge on any atom is -0.395 e. The van der Waals surface area contributed by atoms with E-state index in [0.29, 0.717) is 28.3 Å². The molecule has 1 aromatic carbocycles. The molecule has 6 heteroatoms. The van der Waals surface area contributed by atoms with Crippen LogP contribution in [0.25, 0.3) is 0 Å². The topological polar surface area (TPSA) is 75.4 Å². The predicted molar refractivity (Wildman–Crippen MR) is 79.2 cm³/mol. The Morgan fingerprint density at radius 3 is 3.00 bits per heavy atom. The van der Waals surface area contributed by atoms with Gasteiger partial charge >= 0.3 is 0 Å². The van der Waals surface area contributed by atoms with Crippen molar-refractivity contribution in [2.45, 2.75) is 13.3 Å². The van der Waals surface area contributed by atoms with E-state index in [1.54, 1.807) is 25.1 Å². The molecule has 2 aromatic rings. The van der Waals surface area contributed by atoms with Crippen LogP contribution in [0.15, 0.2) is 28.9 Å². The first-order valence-corrected chi connectivity index (χ1v) is 6.61. The fourth-order valence-electron chi connectivity index (χ4n) is 1.61. The number of halogens is 1. The molecule has 0 aliphatic carbocycles. The monoisotopic (exact) mass is 304 g/mol. The number of rotatable bonds is 3. The van der Waals surface area contributed by atoms with Gasteiger partial charge in [-0.05, 0) is 25.1 Å². The maximum absolute atomic E-state index is 12.0. The molecule has 1 heterocycles. The smallest absolute Gasteiger partial charge is 0.294 e. The molecule has 0 spiro atoms. The third-order valence-electron chi connectivity index (χ3n) is 2.64. The van der Waals surface area contributed by atoms with E-state index < -0.39 is 5.91 Å². The Kier molecular flexibility index (Phi) is 4.99. The third-order valence-corrected chi connectivity index (χ3v) is 2.97. The minimum absolute atomic E-state index is 0.00888. The fourth-order valence-corrected chi connectivity index (χ4v) is 1.77. The summed E-state index contributed by atoms with van der Waals surface area (Å²) in [5.74, 6) is 5.40. The van der Waals surface area contributed by atoms with E-state index in [-0.39, 0.29) is 12.4 Å². The van der Waals surface area contributed by atoms with E-state index in [1.807, 2.05) is 0 Å². The Bertz CT molecular complexity index is 713. The summed E-state index contributed by atoms with van der Waals surface area (Å²) >= 11 is 6.05. The first-order valence-electron chi connectivity index (χ1n) is 6.23. The van der Waals surface area contributed by atoms with Gasteiger partial charge in [-0.2, -0.15) is 0 Å². The summed E-state index contributed by atoms with van der Waals surface area (Å²) in [6.07, 6.45) is 1.86. The second kappa shape index (κ2) is 6.93. The number of hydrogen-bond donors (Lipinski definition) is 2. The van der Waals surface area contributed by atoms with Crippen LogP contribution in [0, 0.1) is 18.8 Å². The number of carbonyl (C=O) groups excluding carboxylic acids is 1. The average Bonchev–Trinajstić information content (AvgIpc) is 2.89. The predicted octanol–water partition coefficient (Wildman–Crippen LogP) is 2.62. The van der Waals surface area contributed by atoms with Crippen LogP contribution in [0.4, 0.5) is 5.69 Å². The van der Waals surface area contributed by atoms with Gasteiger partial charge in [-0.1, -0.05) is 28.6 Å². The normalized spacial score (nSPS) is 9.86. The van der Waals surface area contributed by atoms with Crippen LogP contribution >= 0.6 is 11.6 Å². The van der Waals surface area contributed by atoms with Gasteiger partial charge in [0.05, 0.1) is 23.5 Å². The molecule has 0 radical (unpaired) electrons. The largest absolute Gasteiger partial charge is 0.395 e. The summed E-state index contributed by atoms with van der Waals surface area (Å²) in [5.41, 5.74) is 1.77. The van der Waals surface area contributed by atoms with Gasteiger partial charge in [0.1, 0.15) is 0 Å². The van der Waals surface area contributed by atoms with Gasteiger partial charge in [0.15, 0.2) is 0 Å². The molecule has 21 heavy (non-hydrogen) atoms. The van der Waals surface area contributed by atoms with E-state index in [4.69, 9.17) is 21.2 Å². The molecule has 0 aliphatic rings. The lowest BCUT2D eigenvalue weighted by atomic mass is 10.2. The van der Waals surface area contributed by atoms with Crippen LogP contribution < -0.4 is 5.32 Å². The number of aryl methyl sites for hydroxylation is 1. The number of aliphatic hydroxyl groups is 1. The molecule has 0 atom stereocenters. The molecule has 0 saturated heterocycles. The van der Waals surface area contributed by atoms with Crippen molar-refractivity contribution >= 4 is 23.2 Å². The molecule has 1 amide bonds.